The summed E-state index contributed by atoms with van der Waals surface area (Å²) in [5, 5.41) is 7.93. The Hall–Kier alpha value is -0.980. The Morgan fingerprint density at radius 2 is 2.27 bits per heavy atom. The fourth-order valence-corrected chi connectivity index (χ4v) is 1.11. The third-order valence-electron chi connectivity index (χ3n) is 1.88. The topological polar surface area (TPSA) is 75.2 Å². The van der Waals surface area contributed by atoms with Crippen LogP contribution < -0.4 is 5.73 Å². The molecule has 86 valence electrons. The highest BCUT2D eigenvalue weighted by atomic mass is 16.5. The number of hydrogen-bond acceptors (Lipinski definition) is 5. The standard InChI is InChI=1S/C9H18N4O2/c1-14-6-7-15-5-4-13-8-9(2-3-10)11-12-13/h8H,2-7,10H2,1H3. The largest absolute Gasteiger partial charge is 0.382 e. The number of methoxy groups -OCH3 is 1. The van der Waals surface area contributed by atoms with Crippen molar-refractivity contribution >= 4 is 0 Å². The van der Waals surface area contributed by atoms with E-state index in [9.17, 15) is 0 Å². The molecule has 2 N–H and O–H groups in total. The number of aromatic nitrogens is 3. The molecule has 6 heteroatoms. The van der Waals surface area contributed by atoms with Gasteiger partial charge in [-0.1, -0.05) is 5.21 Å². The lowest BCUT2D eigenvalue weighted by atomic mass is 10.3. The predicted molar refractivity (Wildman–Crippen MR) is 55.5 cm³/mol. The quantitative estimate of drug-likeness (QED) is 0.587. The highest BCUT2D eigenvalue weighted by Crippen LogP contribution is 1.93. The molecule has 0 unspecified atom stereocenters. The lowest BCUT2D eigenvalue weighted by molar-refractivity contribution is 0.0652. The number of rotatable bonds is 8. The lowest BCUT2D eigenvalue weighted by Gasteiger charge is -2.02. The zero-order chi connectivity index (χ0) is 10.9. The molecular weight excluding hydrogens is 196 g/mol. The molecule has 0 aromatic carbocycles. The van der Waals surface area contributed by atoms with Gasteiger partial charge in [0, 0.05) is 19.7 Å². The first-order chi connectivity index (χ1) is 7.36. The van der Waals surface area contributed by atoms with Crippen LogP contribution in [-0.2, 0) is 22.4 Å². The van der Waals surface area contributed by atoms with Crippen molar-refractivity contribution in [1.29, 1.82) is 0 Å². The molecule has 0 fully saturated rings. The van der Waals surface area contributed by atoms with Gasteiger partial charge < -0.3 is 15.2 Å². The van der Waals surface area contributed by atoms with Crippen LogP contribution in [-0.4, -0.2) is 48.5 Å². The van der Waals surface area contributed by atoms with Crippen LogP contribution in [0.1, 0.15) is 5.69 Å². The minimum Gasteiger partial charge on any atom is -0.382 e. The highest BCUT2D eigenvalue weighted by Gasteiger charge is 1.98. The number of nitrogens with zero attached hydrogens (tertiary/aromatic N) is 3. The van der Waals surface area contributed by atoms with Crippen molar-refractivity contribution < 1.29 is 9.47 Å². The summed E-state index contributed by atoms with van der Waals surface area (Å²) in [5.74, 6) is 0. The maximum Gasteiger partial charge on any atom is 0.0839 e. The molecule has 0 saturated heterocycles. The van der Waals surface area contributed by atoms with Gasteiger partial charge in [-0.25, -0.2) is 4.68 Å². The van der Waals surface area contributed by atoms with Gasteiger partial charge in [0.15, 0.2) is 0 Å². The van der Waals surface area contributed by atoms with E-state index in [1.54, 1.807) is 11.8 Å². The van der Waals surface area contributed by atoms with Crippen LogP contribution in [0.25, 0.3) is 0 Å². The van der Waals surface area contributed by atoms with Crippen LogP contribution in [0.15, 0.2) is 6.20 Å². The second-order valence-electron chi connectivity index (χ2n) is 3.12. The van der Waals surface area contributed by atoms with Gasteiger partial charge in [0.25, 0.3) is 0 Å². The van der Waals surface area contributed by atoms with Gasteiger partial charge in [0.2, 0.25) is 0 Å². The van der Waals surface area contributed by atoms with Crippen molar-refractivity contribution in [2.24, 2.45) is 5.73 Å². The van der Waals surface area contributed by atoms with Gasteiger partial charge in [0.05, 0.1) is 32.1 Å². The van der Waals surface area contributed by atoms with Gasteiger partial charge in [-0.2, -0.15) is 0 Å². The van der Waals surface area contributed by atoms with Gasteiger partial charge in [0.1, 0.15) is 0 Å². The van der Waals surface area contributed by atoms with Gasteiger partial charge in [-0.3, -0.25) is 0 Å². The van der Waals surface area contributed by atoms with Crippen molar-refractivity contribution in [1.82, 2.24) is 15.0 Å². The summed E-state index contributed by atoms with van der Waals surface area (Å²) in [6.07, 6.45) is 2.66. The second-order valence-corrected chi connectivity index (χ2v) is 3.12. The molecule has 1 aromatic heterocycles. The number of hydrogen-bond donors (Lipinski definition) is 1. The average Bonchev–Trinajstić information content (AvgIpc) is 2.66. The Morgan fingerprint density at radius 1 is 1.40 bits per heavy atom. The summed E-state index contributed by atoms with van der Waals surface area (Å²) in [5.41, 5.74) is 6.33. The molecule has 0 amide bonds. The van der Waals surface area contributed by atoms with E-state index >= 15 is 0 Å². The van der Waals surface area contributed by atoms with Crippen LogP contribution in [0.2, 0.25) is 0 Å². The first-order valence-electron chi connectivity index (χ1n) is 5.02. The lowest BCUT2D eigenvalue weighted by Crippen LogP contribution is -2.09. The van der Waals surface area contributed by atoms with Crippen LogP contribution in [0.5, 0.6) is 0 Å². The molecule has 1 rings (SSSR count). The summed E-state index contributed by atoms with van der Waals surface area (Å²) in [7, 11) is 1.65. The SMILES string of the molecule is COCCOCCn1cc(CCN)nn1. The fraction of sp³-hybridized carbons (Fsp3) is 0.778. The van der Waals surface area contributed by atoms with E-state index in [1.807, 2.05) is 6.20 Å². The van der Waals surface area contributed by atoms with Crippen LogP contribution in [0, 0.1) is 0 Å². The van der Waals surface area contributed by atoms with E-state index in [1.165, 1.54) is 0 Å². The van der Waals surface area contributed by atoms with Gasteiger partial charge >= 0.3 is 0 Å². The molecular formula is C9H18N4O2. The van der Waals surface area contributed by atoms with Crippen molar-refractivity contribution in [3.05, 3.63) is 11.9 Å². The third kappa shape index (κ3) is 4.87. The summed E-state index contributed by atoms with van der Waals surface area (Å²) >= 11 is 0. The van der Waals surface area contributed by atoms with E-state index in [0.717, 1.165) is 12.1 Å². The fourth-order valence-electron chi connectivity index (χ4n) is 1.11. The smallest absolute Gasteiger partial charge is 0.0839 e. The molecule has 0 saturated carbocycles. The molecule has 0 spiro atoms. The first kappa shape index (κ1) is 12.1. The zero-order valence-electron chi connectivity index (χ0n) is 9.06. The Labute approximate surface area is 89.3 Å². The average molecular weight is 214 g/mol. The molecule has 6 nitrogen and oxygen atoms in total. The third-order valence-corrected chi connectivity index (χ3v) is 1.88. The van der Waals surface area contributed by atoms with Crippen LogP contribution >= 0.6 is 0 Å². The maximum absolute atomic E-state index is 5.41. The molecule has 0 bridgehead atoms. The van der Waals surface area contributed by atoms with E-state index in [-0.39, 0.29) is 0 Å². The molecule has 0 radical (unpaired) electrons. The van der Waals surface area contributed by atoms with Crippen LogP contribution in [0.3, 0.4) is 0 Å². The molecule has 0 aliphatic heterocycles. The van der Waals surface area contributed by atoms with E-state index in [2.05, 4.69) is 10.3 Å². The summed E-state index contributed by atoms with van der Waals surface area (Å²) in [4.78, 5) is 0. The second kappa shape index (κ2) is 7.33. The molecule has 15 heavy (non-hydrogen) atoms. The van der Waals surface area contributed by atoms with E-state index in [4.69, 9.17) is 15.2 Å². The molecule has 0 aliphatic rings. The minimum atomic E-state index is 0.600. The molecule has 0 aliphatic carbocycles. The van der Waals surface area contributed by atoms with Gasteiger partial charge in [-0.15, -0.1) is 5.10 Å². The molecule has 1 heterocycles. The Morgan fingerprint density at radius 3 is 3.00 bits per heavy atom. The van der Waals surface area contributed by atoms with Crippen molar-refractivity contribution in [3.63, 3.8) is 0 Å². The van der Waals surface area contributed by atoms with Crippen LogP contribution in [0.4, 0.5) is 0 Å². The predicted octanol–water partition coefficient (Wildman–Crippen LogP) is -0.558. The van der Waals surface area contributed by atoms with Crippen molar-refractivity contribution in [2.75, 3.05) is 33.5 Å². The summed E-state index contributed by atoms with van der Waals surface area (Å²) < 4.78 is 11.9. The summed E-state index contributed by atoms with van der Waals surface area (Å²) in [6, 6.07) is 0. The Bertz CT molecular complexity index is 264. The van der Waals surface area contributed by atoms with Crippen molar-refractivity contribution in [2.45, 2.75) is 13.0 Å². The molecule has 1 aromatic rings. The minimum absolute atomic E-state index is 0.600. The monoisotopic (exact) mass is 214 g/mol. The highest BCUT2D eigenvalue weighted by molar-refractivity contribution is 4.92. The van der Waals surface area contributed by atoms with Crippen molar-refractivity contribution in [3.8, 4) is 0 Å². The van der Waals surface area contributed by atoms with E-state index in [0.29, 0.717) is 32.9 Å². The van der Waals surface area contributed by atoms with Gasteiger partial charge in [-0.05, 0) is 6.54 Å². The van der Waals surface area contributed by atoms with E-state index < -0.39 is 0 Å². The Balaban J connectivity index is 2.14. The first-order valence-corrected chi connectivity index (χ1v) is 5.02. The Kier molecular flexibility index (Phi) is 5.91. The molecule has 0 atom stereocenters. The zero-order valence-corrected chi connectivity index (χ0v) is 9.06. The number of nitrogens with two attached hydrogens (primary N) is 1. The summed E-state index contributed by atoms with van der Waals surface area (Å²) in [6.45, 7) is 3.16. The number of ether oxygens (including phenoxy) is 2. The normalized spacial score (nSPS) is 10.8. The maximum atomic E-state index is 5.41.